The van der Waals surface area contributed by atoms with E-state index in [1.54, 1.807) is 31.4 Å². The fourth-order valence-corrected chi connectivity index (χ4v) is 4.86. The zero-order valence-corrected chi connectivity index (χ0v) is 17.2. The normalized spacial score (nSPS) is 25.3. The maximum atomic E-state index is 12.9. The number of hydrogen-bond acceptors (Lipinski definition) is 7. The van der Waals surface area contributed by atoms with Gasteiger partial charge < -0.3 is 25.0 Å². The molecule has 1 aromatic rings. The Bertz CT molecular complexity index is 830. The molecule has 0 aliphatic carbocycles. The van der Waals surface area contributed by atoms with Crippen molar-refractivity contribution < 1.29 is 28.7 Å². The largest absolute Gasteiger partial charge is 0.497 e. The first-order valence-corrected chi connectivity index (χ1v) is 10.1. The van der Waals surface area contributed by atoms with Crippen molar-refractivity contribution in [3.8, 4) is 5.75 Å². The molecule has 2 fully saturated rings. The van der Waals surface area contributed by atoms with Crippen LogP contribution in [0.15, 0.2) is 24.3 Å². The summed E-state index contributed by atoms with van der Waals surface area (Å²) >= 11 is 1.33. The van der Waals surface area contributed by atoms with E-state index in [1.165, 1.54) is 30.5 Å². The number of β-lactam (4-membered cyclic amide) rings is 1. The van der Waals surface area contributed by atoms with Gasteiger partial charge in [0.15, 0.2) is 5.54 Å². The molecular weight excluding hydrogens is 398 g/mol. The molecule has 2 unspecified atom stereocenters. The van der Waals surface area contributed by atoms with Crippen molar-refractivity contribution in [2.24, 2.45) is 0 Å². The molecule has 0 aromatic heterocycles. The maximum absolute atomic E-state index is 12.9. The summed E-state index contributed by atoms with van der Waals surface area (Å²) in [6.45, 7) is 2.69. The van der Waals surface area contributed by atoms with Gasteiger partial charge in [0.2, 0.25) is 17.7 Å². The second-order valence-corrected chi connectivity index (χ2v) is 8.14. The first kappa shape index (κ1) is 21.0. The second-order valence-electron chi connectivity index (χ2n) is 7.03. The van der Waals surface area contributed by atoms with Gasteiger partial charge in [0.1, 0.15) is 23.8 Å². The Balaban J connectivity index is 1.69. The molecule has 2 heterocycles. The number of hydrogen-bond donors (Lipinski definition) is 2. The number of carbonyl (C=O) groups excluding carboxylic acids is 4. The molecule has 0 radical (unpaired) electrons. The molecule has 1 aromatic carbocycles. The summed E-state index contributed by atoms with van der Waals surface area (Å²) in [5.41, 5.74) is -0.569. The molecule has 2 saturated heterocycles. The highest BCUT2D eigenvalue weighted by molar-refractivity contribution is 8.00. The second kappa shape index (κ2) is 8.32. The van der Waals surface area contributed by atoms with Crippen LogP contribution in [0.3, 0.4) is 0 Å². The van der Waals surface area contributed by atoms with E-state index in [-0.39, 0.29) is 36.1 Å². The Morgan fingerprint density at radius 1 is 1.21 bits per heavy atom. The van der Waals surface area contributed by atoms with Crippen LogP contribution in [0.5, 0.6) is 5.75 Å². The van der Waals surface area contributed by atoms with Crippen LogP contribution in [-0.2, 0) is 30.5 Å². The summed E-state index contributed by atoms with van der Waals surface area (Å²) in [4.78, 5) is 49.8. The van der Waals surface area contributed by atoms with E-state index in [2.05, 4.69) is 10.6 Å². The standard InChI is InChI=1S/C19H23N3O6S/c1-11(23)20-15-16(25)22-9-19(21-12(2)24,10-29-17(15)22)18(26)28-8-13-4-6-14(27-3)7-5-13/h4-7,15,17H,8-10H2,1-3H3,(H,20,23)(H,21,24)/t15?,17-,19?/m1/s1. The number of methoxy groups -OCH3 is 1. The minimum Gasteiger partial charge on any atom is -0.497 e. The minimum atomic E-state index is -1.34. The first-order valence-electron chi connectivity index (χ1n) is 9.04. The predicted octanol–water partition coefficient (Wildman–Crippen LogP) is 0.0331. The number of fused-ring (bicyclic) bond motifs is 1. The molecule has 0 saturated carbocycles. The third kappa shape index (κ3) is 4.31. The Morgan fingerprint density at radius 3 is 2.48 bits per heavy atom. The van der Waals surface area contributed by atoms with Crippen LogP contribution in [0.1, 0.15) is 19.4 Å². The molecule has 2 N–H and O–H groups in total. The van der Waals surface area contributed by atoms with Gasteiger partial charge in [-0.1, -0.05) is 12.1 Å². The first-order chi connectivity index (χ1) is 13.8. The average molecular weight is 421 g/mol. The van der Waals surface area contributed by atoms with Gasteiger partial charge in [0.05, 0.1) is 13.7 Å². The van der Waals surface area contributed by atoms with Gasteiger partial charge in [0, 0.05) is 19.6 Å². The van der Waals surface area contributed by atoms with Gasteiger partial charge >= 0.3 is 5.97 Å². The van der Waals surface area contributed by atoms with E-state index in [4.69, 9.17) is 9.47 Å². The molecule has 3 amide bonds. The highest BCUT2D eigenvalue weighted by Crippen LogP contribution is 2.39. The number of rotatable bonds is 6. The summed E-state index contributed by atoms with van der Waals surface area (Å²) in [6.07, 6.45) is 0. The smallest absolute Gasteiger partial charge is 0.334 e. The van der Waals surface area contributed by atoms with Gasteiger partial charge in [0.25, 0.3) is 0 Å². The number of amides is 3. The molecule has 0 bridgehead atoms. The summed E-state index contributed by atoms with van der Waals surface area (Å²) in [6, 6.07) is 6.46. The molecule has 29 heavy (non-hydrogen) atoms. The zero-order chi connectivity index (χ0) is 21.2. The van der Waals surface area contributed by atoms with Gasteiger partial charge in [-0.15, -0.1) is 11.8 Å². The lowest BCUT2D eigenvalue weighted by Crippen LogP contribution is -2.77. The van der Waals surface area contributed by atoms with Crippen molar-refractivity contribution in [1.29, 1.82) is 0 Å². The van der Waals surface area contributed by atoms with E-state index >= 15 is 0 Å². The van der Waals surface area contributed by atoms with Crippen LogP contribution in [0.2, 0.25) is 0 Å². The third-order valence-corrected chi connectivity index (χ3v) is 6.30. The summed E-state index contributed by atoms with van der Waals surface area (Å²) in [7, 11) is 1.56. The molecule has 9 nitrogen and oxygen atoms in total. The SMILES string of the molecule is COc1ccc(COC(=O)C2(NC(C)=O)CS[C@@H]3C(NC(C)=O)C(=O)N3C2)cc1. The zero-order valence-electron chi connectivity index (χ0n) is 16.4. The monoisotopic (exact) mass is 421 g/mol. The highest BCUT2D eigenvalue weighted by atomic mass is 32.2. The Labute approximate surface area is 172 Å². The van der Waals surface area contributed by atoms with Crippen molar-refractivity contribution in [2.75, 3.05) is 19.4 Å². The minimum absolute atomic E-state index is 0.000606. The molecule has 3 atom stereocenters. The summed E-state index contributed by atoms with van der Waals surface area (Å²) in [5.74, 6) is -0.647. The van der Waals surface area contributed by atoms with E-state index in [9.17, 15) is 19.2 Å². The van der Waals surface area contributed by atoms with Crippen LogP contribution in [0.25, 0.3) is 0 Å². The van der Waals surface area contributed by atoms with Crippen molar-refractivity contribution in [3.05, 3.63) is 29.8 Å². The van der Waals surface area contributed by atoms with Gasteiger partial charge in [-0.2, -0.15) is 0 Å². The number of ether oxygens (including phenoxy) is 2. The van der Waals surface area contributed by atoms with E-state index in [0.717, 1.165) is 5.56 Å². The molecule has 0 spiro atoms. The summed E-state index contributed by atoms with van der Waals surface area (Å²) < 4.78 is 10.6. The highest BCUT2D eigenvalue weighted by Gasteiger charge is 2.58. The summed E-state index contributed by atoms with van der Waals surface area (Å²) in [5, 5.41) is 5.03. The lowest BCUT2D eigenvalue weighted by Gasteiger charge is -2.53. The van der Waals surface area contributed by atoms with E-state index in [1.807, 2.05) is 0 Å². The van der Waals surface area contributed by atoms with E-state index < -0.39 is 23.5 Å². The van der Waals surface area contributed by atoms with Gasteiger partial charge in [-0.3, -0.25) is 14.4 Å². The number of carbonyl (C=O) groups is 4. The fraction of sp³-hybridized carbons (Fsp3) is 0.474. The van der Waals surface area contributed by atoms with Crippen LogP contribution in [-0.4, -0.2) is 65.0 Å². The Kier molecular flexibility index (Phi) is 6.02. The lowest BCUT2D eigenvalue weighted by atomic mass is 9.96. The van der Waals surface area contributed by atoms with Crippen LogP contribution in [0.4, 0.5) is 0 Å². The molecule has 156 valence electrons. The number of nitrogens with zero attached hydrogens (tertiary/aromatic N) is 1. The number of esters is 1. The van der Waals surface area contributed by atoms with Crippen molar-refractivity contribution in [1.82, 2.24) is 15.5 Å². The van der Waals surface area contributed by atoms with Crippen LogP contribution >= 0.6 is 11.8 Å². The number of thioether (sulfide) groups is 1. The lowest BCUT2D eigenvalue weighted by molar-refractivity contribution is -0.161. The molecule has 2 aliphatic heterocycles. The van der Waals surface area contributed by atoms with Crippen LogP contribution in [0, 0.1) is 0 Å². The predicted molar refractivity (Wildman–Crippen MR) is 105 cm³/mol. The fourth-order valence-electron chi connectivity index (χ4n) is 3.39. The third-order valence-electron chi connectivity index (χ3n) is 4.78. The van der Waals surface area contributed by atoms with Crippen molar-refractivity contribution in [3.63, 3.8) is 0 Å². The number of benzene rings is 1. The van der Waals surface area contributed by atoms with Crippen molar-refractivity contribution >= 4 is 35.5 Å². The van der Waals surface area contributed by atoms with E-state index in [0.29, 0.717) is 5.75 Å². The topological polar surface area (TPSA) is 114 Å². The van der Waals surface area contributed by atoms with Crippen molar-refractivity contribution in [2.45, 2.75) is 37.4 Å². The molecule has 10 heteroatoms. The van der Waals surface area contributed by atoms with Crippen LogP contribution < -0.4 is 15.4 Å². The number of nitrogens with one attached hydrogen (secondary N) is 2. The van der Waals surface area contributed by atoms with Gasteiger partial charge in [-0.25, -0.2) is 4.79 Å². The maximum Gasteiger partial charge on any atom is 0.334 e. The Hall–Kier alpha value is -2.75. The molecule has 3 rings (SSSR count). The quantitative estimate of drug-likeness (QED) is 0.492. The molecule has 2 aliphatic rings. The molecular formula is C19H23N3O6S. The average Bonchev–Trinajstić information content (AvgIpc) is 2.70. The van der Waals surface area contributed by atoms with Gasteiger partial charge in [-0.05, 0) is 17.7 Å². The Morgan fingerprint density at radius 2 is 1.90 bits per heavy atom.